The predicted octanol–water partition coefficient (Wildman–Crippen LogP) is 3.51. The number of ether oxygens (including phenoxy) is 1. The monoisotopic (exact) mass is 550 g/mol. The smallest absolute Gasteiger partial charge is 0.188 e. The highest BCUT2D eigenvalue weighted by Gasteiger charge is 2.35. The Balaban J connectivity index is 0.00000261. The number of rotatable bonds is 7. The van der Waals surface area contributed by atoms with Crippen LogP contribution in [0.15, 0.2) is 33.7 Å². The summed E-state index contributed by atoms with van der Waals surface area (Å²) in [5, 5.41) is 3.29. The van der Waals surface area contributed by atoms with Gasteiger partial charge < -0.3 is 15.8 Å². The minimum Gasteiger partial charge on any atom is -0.379 e. The van der Waals surface area contributed by atoms with Crippen molar-refractivity contribution in [3.8, 4) is 0 Å². The van der Waals surface area contributed by atoms with Crippen molar-refractivity contribution in [3.05, 3.63) is 34.3 Å². The van der Waals surface area contributed by atoms with E-state index in [1.807, 2.05) is 0 Å². The van der Waals surface area contributed by atoms with Crippen LogP contribution in [0.4, 0.5) is 0 Å². The lowest BCUT2D eigenvalue weighted by molar-refractivity contribution is 0.0376. The number of nitrogens with two attached hydrogens (primary N) is 1. The van der Waals surface area contributed by atoms with Gasteiger partial charge in [-0.2, -0.15) is 0 Å². The fourth-order valence-electron chi connectivity index (χ4n) is 4.03. The van der Waals surface area contributed by atoms with Gasteiger partial charge in [0.25, 0.3) is 0 Å². The molecule has 3 rings (SSSR count). The van der Waals surface area contributed by atoms with Crippen molar-refractivity contribution in [3.63, 3.8) is 0 Å². The maximum Gasteiger partial charge on any atom is 0.188 e. The van der Waals surface area contributed by atoms with E-state index < -0.39 is 0 Å². The Bertz CT molecular complexity index is 584. The van der Waals surface area contributed by atoms with E-state index in [1.54, 1.807) is 0 Å². The van der Waals surface area contributed by atoms with Gasteiger partial charge >= 0.3 is 0 Å². The summed E-state index contributed by atoms with van der Waals surface area (Å²) in [6.07, 6.45) is 6.02. The molecule has 2 fully saturated rings. The molecule has 0 spiro atoms. The molecule has 0 amide bonds. The van der Waals surface area contributed by atoms with Crippen LogP contribution in [-0.4, -0.2) is 56.8 Å². The third kappa shape index (κ3) is 6.87. The van der Waals surface area contributed by atoms with Gasteiger partial charge in [0, 0.05) is 29.5 Å². The van der Waals surface area contributed by atoms with E-state index >= 15 is 0 Å². The van der Waals surface area contributed by atoms with Crippen LogP contribution in [0.5, 0.6) is 0 Å². The van der Waals surface area contributed by atoms with Crippen LogP contribution in [0.25, 0.3) is 0 Å². The SMILES string of the molecule is I.NC(=NCC1(c2ccc(Br)cc2)CCCC1)NCCCN1CCOCC1. The molecule has 0 aromatic heterocycles. The Morgan fingerprint density at radius 3 is 2.52 bits per heavy atom. The maximum absolute atomic E-state index is 6.13. The van der Waals surface area contributed by atoms with Crippen molar-refractivity contribution < 1.29 is 4.74 Å². The Morgan fingerprint density at radius 2 is 1.85 bits per heavy atom. The van der Waals surface area contributed by atoms with Gasteiger partial charge in [-0.1, -0.05) is 40.9 Å². The summed E-state index contributed by atoms with van der Waals surface area (Å²) in [5.41, 5.74) is 7.67. The first-order chi connectivity index (χ1) is 12.7. The van der Waals surface area contributed by atoms with E-state index in [-0.39, 0.29) is 29.4 Å². The largest absolute Gasteiger partial charge is 0.379 e. The van der Waals surface area contributed by atoms with Gasteiger partial charge in [-0.25, -0.2) is 0 Å². The highest BCUT2D eigenvalue weighted by molar-refractivity contribution is 14.0. The fraction of sp³-hybridized carbons (Fsp3) is 0.650. The highest BCUT2D eigenvalue weighted by atomic mass is 127. The van der Waals surface area contributed by atoms with Gasteiger partial charge in [-0.15, -0.1) is 24.0 Å². The molecule has 0 unspecified atom stereocenters. The number of aliphatic imine (C=N–C) groups is 1. The van der Waals surface area contributed by atoms with Gasteiger partial charge in [0.2, 0.25) is 0 Å². The van der Waals surface area contributed by atoms with Crippen LogP contribution < -0.4 is 11.1 Å². The molecule has 0 atom stereocenters. The topological polar surface area (TPSA) is 62.9 Å². The van der Waals surface area contributed by atoms with Crippen molar-refractivity contribution in [1.82, 2.24) is 10.2 Å². The minimum absolute atomic E-state index is 0. The molecular weight excluding hydrogens is 519 g/mol. The van der Waals surface area contributed by atoms with Crippen LogP contribution in [0.2, 0.25) is 0 Å². The van der Waals surface area contributed by atoms with E-state index in [9.17, 15) is 0 Å². The molecule has 152 valence electrons. The summed E-state index contributed by atoms with van der Waals surface area (Å²) >= 11 is 3.53. The average Bonchev–Trinajstić information content (AvgIpc) is 3.15. The number of halogens is 2. The summed E-state index contributed by atoms with van der Waals surface area (Å²) in [7, 11) is 0. The molecule has 2 aliphatic rings. The molecule has 27 heavy (non-hydrogen) atoms. The lowest BCUT2D eigenvalue weighted by Crippen LogP contribution is -2.39. The normalized spacial score (nSPS) is 20.3. The van der Waals surface area contributed by atoms with Crippen LogP contribution >= 0.6 is 39.9 Å². The molecule has 1 aliphatic carbocycles. The van der Waals surface area contributed by atoms with Gasteiger partial charge in [-0.05, 0) is 43.5 Å². The zero-order chi connectivity index (χ0) is 18.2. The molecular formula is C20H32BrIN4O. The summed E-state index contributed by atoms with van der Waals surface area (Å²) in [6, 6.07) is 8.73. The summed E-state index contributed by atoms with van der Waals surface area (Å²) < 4.78 is 6.50. The van der Waals surface area contributed by atoms with Crippen LogP contribution in [-0.2, 0) is 10.2 Å². The third-order valence-corrected chi connectivity index (χ3v) is 6.16. The number of hydrogen-bond acceptors (Lipinski definition) is 3. The molecule has 0 bridgehead atoms. The summed E-state index contributed by atoms with van der Waals surface area (Å²) in [6.45, 7) is 6.53. The molecule has 1 aliphatic heterocycles. The maximum atomic E-state index is 6.13. The van der Waals surface area contributed by atoms with Crippen molar-refractivity contribution in [2.24, 2.45) is 10.7 Å². The van der Waals surface area contributed by atoms with Gasteiger partial charge in [0.05, 0.1) is 19.8 Å². The number of benzene rings is 1. The molecule has 1 saturated carbocycles. The van der Waals surface area contributed by atoms with Crippen molar-refractivity contribution in [2.75, 3.05) is 45.9 Å². The second kappa shape index (κ2) is 11.6. The second-order valence-corrected chi connectivity index (χ2v) is 8.35. The quantitative estimate of drug-likeness (QED) is 0.236. The number of nitrogens with zero attached hydrogens (tertiary/aromatic N) is 2. The predicted molar refractivity (Wildman–Crippen MR) is 126 cm³/mol. The molecule has 3 N–H and O–H groups in total. The number of nitrogens with one attached hydrogen (secondary N) is 1. The Kier molecular flexibility index (Phi) is 9.82. The van der Waals surface area contributed by atoms with E-state index in [1.165, 1.54) is 31.2 Å². The van der Waals surface area contributed by atoms with E-state index in [2.05, 4.69) is 50.4 Å². The van der Waals surface area contributed by atoms with Crippen molar-refractivity contribution >= 4 is 45.9 Å². The number of guanidine groups is 1. The third-order valence-electron chi connectivity index (χ3n) is 5.63. The Labute approximate surface area is 188 Å². The summed E-state index contributed by atoms with van der Waals surface area (Å²) in [5.74, 6) is 0.579. The minimum atomic E-state index is 0. The standard InChI is InChI=1S/C20H31BrN4O.HI/c21-18-6-4-17(5-7-18)20(8-1-2-9-20)16-24-19(22)23-10-3-11-25-12-14-26-15-13-25;/h4-7H,1-3,8-16H2,(H3,22,23,24);1H. The van der Waals surface area contributed by atoms with Crippen molar-refractivity contribution in [2.45, 2.75) is 37.5 Å². The zero-order valence-electron chi connectivity index (χ0n) is 16.0. The average molecular weight is 551 g/mol. The van der Waals surface area contributed by atoms with E-state index in [4.69, 9.17) is 15.5 Å². The zero-order valence-corrected chi connectivity index (χ0v) is 19.9. The van der Waals surface area contributed by atoms with Gasteiger partial charge in [0.15, 0.2) is 5.96 Å². The molecule has 1 saturated heterocycles. The molecule has 1 aromatic rings. The first-order valence-electron chi connectivity index (χ1n) is 9.78. The van der Waals surface area contributed by atoms with Gasteiger partial charge in [0.1, 0.15) is 0 Å². The number of hydrogen-bond donors (Lipinski definition) is 2. The summed E-state index contributed by atoms with van der Waals surface area (Å²) in [4.78, 5) is 7.14. The first kappa shape index (κ1) is 22.9. The number of morpholine rings is 1. The van der Waals surface area contributed by atoms with Crippen LogP contribution in [0.3, 0.4) is 0 Å². The van der Waals surface area contributed by atoms with Crippen LogP contribution in [0, 0.1) is 0 Å². The van der Waals surface area contributed by atoms with Crippen LogP contribution in [0.1, 0.15) is 37.7 Å². The highest BCUT2D eigenvalue weighted by Crippen LogP contribution is 2.41. The van der Waals surface area contributed by atoms with E-state index in [0.29, 0.717) is 5.96 Å². The molecule has 5 nitrogen and oxygen atoms in total. The molecule has 7 heteroatoms. The fourth-order valence-corrected chi connectivity index (χ4v) is 4.29. The first-order valence-corrected chi connectivity index (χ1v) is 10.6. The lowest BCUT2D eigenvalue weighted by Gasteiger charge is -2.28. The molecule has 1 heterocycles. The Hall–Kier alpha value is -0.380. The van der Waals surface area contributed by atoms with E-state index in [0.717, 1.165) is 56.8 Å². The molecule has 0 radical (unpaired) electrons. The molecule has 1 aromatic carbocycles. The lowest BCUT2D eigenvalue weighted by atomic mass is 9.79. The van der Waals surface area contributed by atoms with Crippen molar-refractivity contribution in [1.29, 1.82) is 0 Å². The second-order valence-electron chi connectivity index (χ2n) is 7.43. The van der Waals surface area contributed by atoms with Gasteiger partial charge in [-0.3, -0.25) is 9.89 Å². The Morgan fingerprint density at radius 1 is 1.19 bits per heavy atom.